The largest absolute Gasteiger partial charge is 0.313 e. The maximum Gasteiger partial charge on any atom is 0.0172 e. The molecule has 1 aliphatic carbocycles. The van der Waals surface area contributed by atoms with Gasteiger partial charge < -0.3 is 5.32 Å². The average Bonchev–Trinajstić information content (AvgIpc) is 2.92. The molecule has 21 heavy (non-hydrogen) atoms. The Morgan fingerprint density at radius 2 is 2.00 bits per heavy atom. The Balaban J connectivity index is 1.79. The van der Waals surface area contributed by atoms with Gasteiger partial charge in [0.25, 0.3) is 0 Å². The van der Waals surface area contributed by atoms with E-state index in [9.17, 15) is 0 Å². The third-order valence-electron chi connectivity index (χ3n) is 5.76. The number of thioether (sulfide) groups is 1. The molecule has 1 aliphatic heterocycles. The Hall–Kier alpha value is -0.470. The van der Waals surface area contributed by atoms with Crippen molar-refractivity contribution < 1.29 is 0 Å². The molecule has 0 amide bonds. The van der Waals surface area contributed by atoms with Gasteiger partial charge in [0.15, 0.2) is 0 Å². The van der Waals surface area contributed by atoms with Gasteiger partial charge in [0.1, 0.15) is 0 Å². The minimum absolute atomic E-state index is 0.668. The number of benzene rings is 1. The Bertz CT molecular complexity index is 472. The first-order chi connectivity index (χ1) is 10.2. The van der Waals surface area contributed by atoms with E-state index in [-0.39, 0.29) is 0 Å². The van der Waals surface area contributed by atoms with Crippen LogP contribution < -0.4 is 5.32 Å². The molecule has 2 heteroatoms. The number of nitrogens with one attached hydrogen (secondary N) is 1. The molecular weight excluding hydrogens is 274 g/mol. The molecule has 2 aliphatic rings. The summed E-state index contributed by atoms with van der Waals surface area (Å²) in [7, 11) is 0. The molecule has 0 saturated heterocycles. The lowest BCUT2D eigenvalue weighted by Gasteiger charge is -2.39. The Kier molecular flexibility index (Phi) is 4.96. The zero-order valence-corrected chi connectivity index (χ0v) is 14.5. The fraction of sp³-hybridized carbons (Fsp3) is 0.684. The Morgan fingerprint density at radius 3 is 2.76 bits per heavy atom. The molecular formula is C19H29NS. The molecule has 0 aromatic heterocycles. The molecule has 0 spiro atoms. The first kappa shape index (κ1) is 15.4. The van der Waals surface area contributed by atoms with Crippen molar-refractivity contribution in [3.05, 3.63) is 29.8 Å². The average molecular weight is 304 g/mol. The summed E-state index contributed by atoms with van der Waals surface area (Å²) in [5.41, 5.74) is 1.60. The first-order valence-corrected chi connectivity index (χ1v) is 9.64. The topological polar surface area (TPSA) is 12.0 Å². The highest BCUT2D eigenvalue weighted by atomic mass is 32.2. The standard InChI is InChI=1S/C19H29NS/c1-4-20-19(15-10-9-13(2)14(3)11-15)17-12-21-18-8-6-5-7-16(17)18/h5-8,13-15,17,19-20H,4,9-12H2,1-3H3. The molecule has 1 aromatic rings. The van der Waals surface area contributed by atoms with Crippen molar-refractivity contribution in [1.82, 2.24) is 5.32 Å². The van der Waals surface area contributed by atoms with E-state index >= 15 is 0 Å². The lowest BCUT2D eigenvalue weighted by Crippen LogP contribution is -2.43. The molecule has 3 rings (SSSR count). The van der Waals surface area contributed by atoms with Gasteiger partial charge in [0, 0.05) is 22.6 Å². The van der Waals surface area contributed by atoms with Gasteiger partial charge in [-0.1, -0.05) is 45.4 Å². The van der Waals surface area contributed by atoms with Gasteiger partial charge in [0.2, 0.25) is 0 Å². The maximum absolute atomic E-state index is 3.86. The Morgan fingerprint density at radius 1 is 1.19 bits per heavy atom. The second-order valence-corrected chi connectivity index (χ2v) is 8.13. The quantitative estimate of drug-likeness (QED) is 0.846. The van der Waals surface area contributed by atoms with E-state index in [1.807, 2.05) is 0 Å². The van der Waals surface area contributed by atoms with E-state index in [2.05, 4.69) is 62.1 Å². The highest BCUT2D eigenvalue weighted by molar-refractivity contribution is 7.99. The lowest BCUT2D eigenvalue weighted by molar-refractivity contribution is 0.162. The monoisotopic (exact) mass is 303 g/mol. The summed E-state index contributed by atoms with van der Waals surface area (Å²) in [5.74, 6) is 4.62. The van der Waals surface area contributed by atoms with Crippen LogP contribution in [0, 0.1) is 17.8 Å². The van der Waals surface area contributed by atoms with Crippen LogP contribution in [0.2, 0.25) is 0 Å². The summed E-state index contributed by atoms with van der Waals surface area (Å²) in [6, 6.07) is 9.72. The SMILES string of the molecule is CCNC(C1CCC(C)C(C)C1)C1CSc2ccccc21. The van der Waals surface area contributed by atoms with Crippen LogP contribution >= 0.6 is 11.8 Å². The highest BCUT2D eigenvalue weighted by Crippen LogP contribution is 2.45. The Labute approximate surface area is 134 Å². The maximum atomic E-state index is 3.86. The fourth-order valence-electron chi connectivity index (χ4n) is 4.27. The number of likely N-dealkylation sites (N-methyl/N-ethyl adjacent to an activating group) is 1. The third-order valence-corrected chi connectivity index (χ3v) is 6.97. The van der Waals surface area contributed by atoms with Gasteiger partial charge in [-0.25, -0.2) is 0 Å². The smallest absolute Gasteiger partial charge is 0.0172 e. The number of hydrogen-bond donors (Lipinski definition) is 1. The van der Waals surface area contributed by atoms with Crippen molar-refractivity contribution in [2.75, 3.05) is 12.3 Å². The summed E-state index contributed by atoms with van der Waals surface area (Å²) < 4.78 is 0. The van der Waals surface area contributed by atoms with E-state index in [4.69, 9.17) is 0 Å². The molecule has 1 aromatic carbocycles. The van der Waals surface area contributed by atoms with E-state index in [1.54, 1.807) is 5.56 Å². The van der Waals surface area contributed by atoms with Crippen LogP contribution in [-0.4, -0.2) is 18.3 Å². The second-order valence-electron chi connectivity index (χ2n) is 7.07. The summed E-state index contributed by atoms with van der Waals surface area (Å²) in [5, 5.41) is 3.86. The molecule has 1 saturated carbocycles. The van der Waals surface area contributed by atoms with Gasteiger partial charge >= 0.3 is 0 Å². The van der Waals surface area contributed by atoms with Crippen molar-refractivity contribution in [2.24, 2.45) is 17.8 Å². The van der Waals surface area contributed by atoms with Gasteiger partial charge in [-0.3, -0.25) is 0 Å². The minimum atomic E-state index is 0.668. The summed E-state index contributed by atoms with van der Waals surface area (Å²) in [6.07, 6.45) is 4.23. The van der Waals surface area contributed by atoms with Crippen LogP contribution in [0.3, 0.4) is 0 Å². The molecule has 5 atom stereocenters. The summed E-state index contributed by atoms with van der Waals surface area (Å²) in [6.45, 7) is 8.24. The normalized spacial score (nSPS) is 33.7. The van der Waals surface area contributed by atoms with Gasteiger partial charge in [0.05, 0.1) is 0 Å². The summed E-state index contributed by atoms with van der Waals surface area (Å²) >= 11 is 2.06. The predicted molar refractivity (Wildman–Crippen MR) is 93.0 cm³/mol. The molecule has 1 fully saturated rings. The molecule has 0 bridgehead atoms. The van der Waals surface area contributed by atoms with E-state index in [0.29, 0.717) is 12.0 Å². The molecule has 1 N–H and O–H groups in total. The second kappa shape index (κ2) is 6.75. The lowest BCUT2D eigenvalue weighted by atomic mass is 9.70. The van der Waals surface area contributed by atoms with Gasteiger partial charge in [-0.05, 0) is 48.8 Å². The number of hydrogen-bond acceptors (Lipinski definition) is 2. The predicted octanol–water partition coefficient (Wildman–Crippen LogP) is 4.93. The van der Waals surface area contributed by atoms with Crippen LogP contribution in [0.15, 0.2) is 29.2 Å². The van der Waals surface area contributed by atoms with Crippen LogP contribution in [-0.2, 0) is 0 Å². The molecule has 1 heterocycles. The highest BCUT2D eigenvalue weighted by Gasteiger charge is 2.37. The van der Waals surface area contributed by atoms with E-state index in [1.165, 1.54) is 29.9 Å². The molecule has 116 valence electrons. The van der Waals surface area contributed by atoms with Crippen molar-refractivity contribution >= 4 is 11.8 Å². The van der Waals surface area contributed by atoms with Crippen LogP contribution in [0.5, 0.6) is 0 Å². The van der Waals surface area contributed by atoms with Crippen molar-refractivity contribution in [3.63, 3.8) is 0 Å². The summed E-state index contributed by atoms with van der Waals surface area (Å²) in [4.78, 5) is 1.52. The number of rotatable bonds is 4. The van der Waals surface area contributed by atoms with Crippen LogP contribution in [0.1, 0.15) is 51.5 Å². The zero-order chi connectivity index (χ0) is 14.8. The number of fused-ring (bicyclic) bond motifs is 1. The van der Waals surface area contributed by atoms with Crippen LogP contribution in [0.4, 0.5) is 0 Å². The molecule has 1 nitrogen and oxygen atoms in total. The molecule has 5 unspecified atom stereocenters. The fourth-order valence-corrected chi connectivity index (χ4v) is 5.58. The zero-order valence-electron chi connectivity index (χ0n) is 13.6. The first-order valence-electron chi connectivity index (χ1n) is 8.65. The van der Waals surface area contributed by atoms with Crippen LogP contribution in [0.25, 0.3) is 0 Å². The van der Waals surface area contributed by atoms with E-state index in [0.717, 1.165) is 24.3 Å². The van der Waals surface area contributed by atoms with Crippen molar-refractivity contribution in [3.8, 4) is 0 Å². The van der Waals surface area contributed by atoms with Crippen molar-refractivity contribution in [1.29, 1.82) is 0 Å². The van der Waals surface area contributed by atoms with Gasteiger partial charge in [-0.2, -0.15) is 0 Å². The van der Waals surface area contributed by atoms with Gasteiger partial charge in [-0.15, -0.1) is 11.8 Å². The van der Waals surface area contributed by atoms with Crippen molar-refractivity contribution in [2.45, 2.75) is 56.9 Å². The minimum Gasteiger partial charge on any atom is -0.313 e. The molecule has 0 radical (unpaired) electrons. The third kappa shape index (κ3) is 3.17. The van der Waals surface area contributed by atoms with E-state index < -0.39 is 0 Å².